The maximum Gasteiger partial charge on any atom is 0.416 e. The molecular weight excluding hydrogens is 329 g/mol. The molecule has 0 spiro atoms. The number of nitrogens with zero attached hydrogens (tertiary/aromatic N) is 2. The number of piperidine rings is 1. The van der Waals surface area contributed by atoms with Crippen LogP contribution in [0.5, 0.6) is 0 Å². The van der Waals surface area contributed by atoms with Crippen LogP contribution >= 0.6 is 0 Å². The minimum absolute atomic E-state index is 0.548. The molecule has 134 valence electrons. The summed E-state index contributed by atoms with van der Waals surface area (Å²) in [6.45, 7) is 1.54. The Morgan fingerprint density at radius 3 is 2.24 bits per heavy atom. The standard InChI is InChI=1S/C19H21F3N2O/c1-24-12-9-18(10-13-24,17(25)16-4-2-3-11-23-16)14-5-7-15(8-6-14)19(20,21)22/h2-8,11,17,25H,9-10,12-13H2,1H3. The molecule has 3 nitrogen and oxygen atoms in total. The average Bonchev–Trinajstić information content (AvgIpc) is 2.62. The monoisotopic (exact) mass is 350 g/mol. The number of hydrogen-bond donors (Lipinski definition) is 1. The molecule has 1 N–H and O–H groups in total. The van der Waals surface area contributed by atoms with Crippen molar-refractivity contribution in [2.24, 2.45) is 0 Å². The molecule has 25 heavy (non-hydrogen) atoms. The van der Waals surface area contributed by atoms with Crippen LogP contribution in [-0.2, 0) is 11.6 Å². The van der Waals surface area contributed by atoms with Crippen molar-refractivity contribution in [3.05, 3.63) is 65.5 Å². The first-order chi connectivity index (χ1) is 11.8. The zero-order chi connectivity index (χ0) is 18.1. The maximum atomic E-state index is 12.9. The van der Waals surface area contributed by atoms with Gasteiger partial charge in [0.2, 0.25) is 0 Å². The third kappa shape index (κ3) is 3.55. The quantitative estimate of drug-likeness (QED) is 0.915. The van der Waals surface area contributed by atoms with E-state index in [4.69, 9.17) is 0 Å². The van der Waals surface area contributed by atoms with Gasteiger partial charge in [-0.15, -0.1) is 0 Å². The molecule has 1 saturated heterocycles. The summed E-state index contributed by atoms with van der Waals surface area (Å²) in [7, 11) is 2.00. The number of benzene rings is 1. The number of alkyl halides is 3. The van der Waals surface area contributed by atoms with Crippen LogP contribution in [0.2, 0.25) is 0 Å². The van der Waals surface area contributed by atoms with Crippen molar-refractivity contribution in [3.8, 4) is 0 Å². The Labute approximate surface area is 145 Å². The van der Waals surface area contributed by atoms with Gasteiger partial charge in [0, 0.05) is 11.6 Å². The normalized spacial score (nSPS) is 19.6. The predicted molar refractivity (Wildman–Crippen MR) is 89.0 cm³/mol. The minimum Gasteiger partial charge on any atom is -0.386 e. The smallest absolute Gasteiger partial charge is 0.386 e. The molecule has 2 heterocycles. The summed E-state index contributed by atoms with van der Waals surface area (Å²) < 4.78 is 38.6. The molecule has 6 heteroatoms. The summed E-state index contributed by atoms with van der Waals surface area (Å²) in [5.41, 5.74) is -0.0318. The van der Waals surface area contributed by atoms with Crippen molar-refractivity contribution < 1.29 is 18.3 Å². The lowest BCUT2D eigenvalue weighted by Gasteiger charge is -2.44. The van der Waals surface area contributed by atoms with Crippen LogP contribution in [0.1, 0.15) is 35.8 Å². The highest BCUT2D eigenvalue weighted by Gasteiger charge is 2.43. The molecule has 0 saturated carbocycles. The lowest BCUT2D eigenvalue weighted by molar-refractivity contribution is -0.137. The predicted octanol–water partition coefficient (Wildman–Crippen LogP) is 3.80. The molecule has 0 bridgehead atoms. The van der Waals surface area contributed by atoms with Crippen molar-refractivity contribution in [2.45, 2.75) is 30.5 Å². The van der Waals surface area contributed by atoms with Gasteiger partial charge in [0.25, 0.3) is 0 Å². The summed E-state index contributed by atoms with van der Waals surface area (Å²) >= 11 is 0. The van der Waals surface area contributed by atoms with E-state index in [2.05, 4.69) is 9.88 Å². The Hall–Kier alpha value is -1.92. The zero-order valence-corrected chi connectivity index (χ0v) is 14.0. The fourth-order valence-corrected chi connectivity index (χ4v) is 3.55. The molecule has 1 aliphatic rings. The fourth-order valence-electron chi connectivity index (χ4n) is 3.55. The highest BCUT2D eigenvalue weighted by atomic mass is 19.4. The van der Waals surface area contributed by atoms with Crippen molar-refractivity contribution in [3.63, 3.8) is 0 Å². The SMILES string of the molecule is CN1CCC(c2ccc(C(F)(F)F)cc2)(C(O)c2ccccn2)CC1. The Morgan fingerprint density at radius 1 is 1.08 bits per heavy atom. The van der Waals surface area contributed by atoms with Gasteiger partial charge in [-0.3, -0.25) is 4.98 Å². The van der Waals surface area contributed by atoms with Crippen molar-refractivity contribution in [1.29, 1.82) is 0 Å². The van der Waals surface area contributed by atoms with Crippen molar-refractivity contribution >= 4 is 0 Å². The van der Waals surface area contributed by atoms with Crippen LogP contribution in [0.25, 0.3) is 0 Å². The van der Waals surface area contributed by atoms with Gasteiger partial charge >= 0.3 is 6.18 Å². The Bertz CT molecular complexity index is 693. The summed E-state index contributed by atoms with van der Waals surface area (Å²) in [4.78, 5) is 6.42. The number of pyridine rings is 1. The van der Waals surface area contributed by atoms with E-state index in [0.29, 0.717) is 18.5 Å². The molecule has 1 atom stereocenters. The van der Waals surface area contributed by atoms with Crippen LogP contribution in [0.15, 0.2) is 48.7 Å². The van der Waals surface area contributed by atoms with Crippen LogP contribution in [0, 0.1) is 0 Å². The summed E-state index contributed by atoms with van der Waals surface area (Å²) in [5, 5.41) is 11.1. The van der Waals surface area contributed by atoms with Crippen LogP contribution < -0.4 is 0 Å². The van der Waals surface area contributed by atoms with E-state index in [9.17, 15) is 18.3 Å². The Kier molecular flexibility index (Phi) is 4.84. The minimum atomic E-state index is -4.36. The van der Waals surface area contributed by atoms with Gasteiger partial charge in [-0.2, -0.15) is 13.2 Å². The van der Waals surface area contributed by atoms with E-state index in [1.54, 1.807) is 24.4 Å². The van der Waals surface area contributed by atoms with Crippen LogP contribution in [0.3, 0.4) is 0 Å². The first-order valence-electron chi connectivity index (χ1n) is 8.28. The molecule has 2 aromatic rings. The van der Waals surface area contributed by atoms with E-state index in [1.807, 2.05) is 7.05 Å². The number of rotatable bonds is 3. The average molecular weight is 350 g/mol. The first kappa shape index (κ1) is 17.9. The Balaban J connectivity index is 2.00. The molecule has 0 radical (unpaired) electrons. The molecule has 3 rings (SSSR count). The molecule has 0 amide bonds. The molecule has 1 aliphatic heterocycles. The van der Waals surface area contributed by atoms with E-state index >= 15 is 0 Å². The first-order valence-corrected chi connectivity index (χ1v) is 8.28. The summed E-state index contributed by atoms with van der Waals surface area (Å²) in [6.07, 6.45) is -2.29. The number of aromatic nitrogens is 1. The second kappa shape index (κ2) is 6.77. The summed E-state index contributed by atoms with van der Waals surface area (Å²) in [6, 6.07) is 10.5. The fraction of sp³-hybridized carbons (Fsp3) is 0.421. The second-order valence-corrected chi connectivity index (χ2v) is 6.69. The van der Waals surface area contributed by atoms with Gasteiger partial charge in [-0.1, -0.05) is 18.2 Å². The number of aliphatic hydroxyl groups excluding tert-OH is 1. The van der Waals surface area contributed by atoms with Gasteiger partial charge in [0.05, 0.1) is 11.3 Å². The largest absolute Gasteiger partial charge is 0.416 e. The molecule has 1 aromatic heterocycles. The number of hydrogen-bond acceptors (Lipinski definition) is 3. The zero-order valence-electron chi connectivity index (χ0n) is 14.0. The topological polar surface area (TPSA) is 36.4 Å². The molecular formula is C19H21F3N2O. The Morgan fingerprint density at radius 2 is 1.72 bits per heavy atom. The summed E-state index contributed by atoms with van der Waals surface area (Å²) in [5.74, 6) is 0. The van der Waals surface area contributed by atoms with Gasteiger partial charge in [-0.25, -0.2) is 0 Å². The third-order valence-electron chi connectivity index (χ3n) is 5.16. The van der Waals surface area contributed by atoms with Gasteiger partial charge in [0.1, 0.15) is 6.10 Å². The third-order valence-corrected chi connectivity index (χ3v) is 5.16. The second-order valence-electron chi connectivity index (χ2n) is 6.69. The molecule has 1 unspecified atom stereocenters. The lowest BCUT2D eigenvalue weighted by Crippen LogP contribution is -2.45. The molecule has 0 aliphatic carbocycles. The number of likely N-dealkylation sites (tertiary alicyclic amines) is 1. The van der Waals surface area contributed by atoms with Crippen LogP contribution in [0.4, 0.5) is 13.2 Å². The lowest BCUT2D eigenvalue weighted by atomic mass is 9.67. The number of aliphatic hydroxyl groups is 1. The van der Waals surface area contributed by atoms with E-state index in [-0.39, 0.29) is 0 Å². The highest BCUT2D eigenvalue weighted by molar-refractivity contribution is 5.34. The molecule has 1 fully saturated rings. The van der Waals surface area contributed by atoms with Gasteiger partial charge < -0.3 is 10.0 Å². The number of halogens is 3. The van der Waals surface area contributed by atoms with Gasteiger partial charge in [0.15, 0.2) is 0 Å². The van der Waals surface area contributed by atoms with Gasteiger partial charge in [-0.05, 0) is 62.8 Å². The van der Waals surface area contributed by atoms with Crippen molar-refractivity contribution in [2.75, 3.05) is 20.1 Å². The van der Waals surface area contributed by atoms with Crippen molar-refractivity contribution in [1.82, 2.24) is 9.88 Å². The van der Waals surface area contributed by atoms with Crippen LogP contribution in [-0.4, -0.2) is 35.1 Å². The van der Waals surface area contributed by atoms with E-state index in [0.717, 1.165) is 30.8 Å². The maximum absolute atomic E-state index is 12.9. The molecule has 1 aromatic carbocycles. The highest BCUT2D eigenvalue weighted by Crippen LogP contribution is 2.45. The van der Waals surface area contributed by atoms with E-state index < -0.39 is 23.3 Å². The van der Waals surface area contributed by atoms with E-state index in [1.165, 1.54) is 12.1 Å².